The molecule has 0 atom stereocenters. The molecule has 0 amide bonds. The highest BCUT2D eigenvalue weighted by molar-refractivity contribution is 9.10. The summed E-state index contributed by atoms with van der Waals surface area (Å²) in [5.41, 5.74) is 1.03. The van der Waals surface area contributed by atoms with Crippen LogP contribution < -0.4 is 5.11 Å². The van der Waals surface area contributed by atoms with Crippen LogP contribution in [0.3, 0.4) is 0 Å². The van der Waals surface area contributed by atoms with Gasteiger partial charge < -0.3 is 5.11 Å². The zero-order valence-corrected chi connectivity index (χ0v) is 9.07. The van der Waals surface area contributed by atoms with E-state index in [-0.39, 0.29) is 5.90 Å². The predicted octanol–water partition coefficient (Wildman–Crippen LogP) is 0.958. The number of hydrogen-bond acceptors (Lipinski definition) is 2. The Morgan fingerprint density at radius 2 is 2.21 bits per heavy atom. The van der Waals surface area contributed by atoms with Gasteiger partial charge in [0.25, 0.3) is 0 Å². The normalized spacial score (nSPS) is 18.6. The molecule has 0 saturated heterocycles. The van der Waals surface area contributed by atoms with Crippen molar-refractivity contribution in [3.05, 3.63) is 34.3 Å². The van der Waals surface area contributed by atoms with E-state index in [1.54, 1.807) is 4.68 Å². The van der Waals surface area contributed by atoms with Crippen molar-refractivity contribution < 1.29 is 9.79 Å². The summed E-state index contributed by atoms with van der Waals surface area (Å²) >= 11 is 3.43. The van der Waals surface area contributed by atoms with Crippen LogP contribution in [0.15, 0.2) is 33.8 Å². The number of benzene rings is 1. The molecule has 14 heavy (non-hydrogen) atoms. The number of hydrogen-bond donors (Lipinski definition) is 0. The fourth-order valence-electron chi connectivity index (χ4n) is 1.29. The van der Waals surface area contributed by atoms with E-state index in [2.05, 4.69) is 21.0 Å². The van der Waals surface area contributed by atoms with E-state index in [9.17, 15) is 5.11 Å². The van der Waals surface area contributed by atoms with E-state index >= 15 is 0 Å². The monoisotopic (exact) mass is 252 g/mol. The number of rotatable bonds is 1. The Hall–Kier alpha value is -1.16. The smallest absolute Gasteiger partial charge is 0.204 e. The molecule has 4 heteroatoms. The lowest BCUT2D eigenvalue weighted by molar-refractivity contribution is -0.519. The highest BCUT2D eigenvalue weighted by Crippen LogP contribution is 2.13. The summed E-state index contributed by atoms with van der Waals surface area (Å²) in [6.45, 7) is 0.681. The molecule has 3 nitrogen and oxygen atoms in total. The van der Waals surface area contributed by atoms with Crippen molar-refractivity contribution in [1.82, 2.24) is 0 Å². The minimum absolute atomic E-state index is 0.0479. The summed E-state index contributed by atoms with van der Waals surface area (Å²) in [7, 11) is 0. The lowest BCUT2D eigenvalue weighted by Crippen LogP contribution is -2.13. The van der Waals surface area contributed by atoms with Gasteiger partial charge in [0.15, 0.2) is 6.54 Å². The third kappa shape index (κ3) is 2.01. The second-order valence-corrected chi connectivity index (χ2v) is 3.91. The SMILES string of the molecule is [O-]C1=N/[N+](=C\c2ccccc2Br)CC1. The maximum atomic E-state index is 10.9. The third-order valence-corrected chi connectivity index (χ3v) is 2.71. The number of halogens is 1. The molecule has 0 bridgehead atoms. The standard InChI is InChI=1S/C10H9BrN2O/c11-9-4-2-1-3-8(9)7-13-6-5-10(14)12-13/h1-4,7H,5-6H2/b13-7-. The fourth-order valence-corrected chi connectivity index (χ4v) is 1.67. The van der Waals surface area contributed by atoms with E-state index in [1.165, 1.54) is 0 Å². The van der Waals surface area contributed by atoms with Gasteiger partial charge in [0.2, 0.25) is 6.21 Å². The predicted molar refractivity (Wildman–Crippen MR) is 56.5 cm³/mol. The van der Waals surface area contributed by atoms with Crippen molar-refractivity contribution in [3.63, 3.8) is 0 Å². The van der Waals surface area contributed by atoms with E-state index in [4.69, 9.17) is 0 Å². The van der Waals surface area contributed by atoms with E-state index in [1.807, 2.05) is 30.5 Å². The van der Waals surface area contributed by atoms with Crippen LogP contribution in [-0.2, 0) is 0 Å². The Morgan fingerprint density at radius 3 is 2.86 bits per heavy atom. The van der Waals surface area contributed by atoms with Crippen LogP contribution in [0.4, 0.5) is 0 Å². The molecule has 72 valence electrons. The highest BCUT2D eigenvalue weighted by atomic mass is 79.9. The van der Waals surface area contributed by atoms with Crippen LogP contribution in [-0.4, -0.2) is 23.3 Å². The molecule has 0 unspecified atom stereocenters. The van der Waals surface area contributed by atoms with Crippen LogP contribution >= 0.6 is 15.9 Å². The van der Waals surface area contributed by atoms with Crippen molar-refractivity contribution in [2.24, 2.45) is 5.10 Å². The minimum Gasteiger partial charge on any atom is -0.857 e. The molecule has 0 spiro atoms. The molecule has 0 aliphatic carbocycles. The molecule has 1 aromatic rings. The number of nitrogens with zero attached hydrogens (tertiary/aromatic N) is 2. The molecule has 0 fully saturated rings. The van der Waals surface area contributed by atoms with Crippen molar-refractivity contribution in [1.29, 1.82) is 0 Å². The van der Waals surface area contributed by atoms with Gasteiger partial charge in [0.1, 0.15) is 0 Å². The molecule has 0 aromatic heterocycles. The maximum absolute atomic E-state index is 10.9. The van der Waals surface area contributed by atoms with Crippen LogP contribution in [0.1, 0.15) is 12.0 Å². The summed E-state index contributed by atoms with van der Waals surface area (Å²) in [6.07, 6.45) is 2.38. The molecule has 0 N–H and O–H groups in total. The second-order valence-electron chi connectivity index (χ2n) is 3.06. The van der Waals surface area contributed by atoms with Crippen molar-refractivity contribution >= 4 is 28.0 Å². The van der Waals surface area contributed by atoms with Crippen molar-refractivity contribution in [3.8, 4) is 0 Å². The summed E-state index contributed by atoms with van der Waals surface area (Å²) in [6, 6.07) is 7.84. The summed E-state index contributed by atoms with van der Waals surface area (Å²) < 4.78 is 2.69. The van der Waals surface area contributed by atoms with Crippen molar-refractivity contribution in [2.75, 3.05) is 6.54 Å². The molecular formula is C10H9BrN2O. The highest BCUT2D eigenvalue weighted by Gasteiger charge is 2.11. The Kier molecular flexibility index (Phi) is 2.63. The van der Waals surface area contributed by atoms with Gasteiger partial charge in [0.05, 0.1) is 5.56 Å². The largest absolute Gasteiger partial charge is 0.857 e. The summed E-state index contributed by atoms with van der Waals surface area (Å²) in [5.74, 6) is -0.0479. The van der Waals surface area contributed by atoms with Gasteiger partial charge >= 0.3 is 0 Å². The van der Waals surface area contributed by atoms with Crippen LogP contribution in [0.25, 0.3) is 0 Å². The molecule has 1 aliphatic rings. The Morgan fingerprint density at radius 1 is 1.43 bits per heavy atom. The lowest BCUT2D eigenvalue weighted by atomic mass is 10.2. The first-order valence-electron chi connectivity index (χ1n) is 4.36. The lowest BCUT2D eigenvalue weighted by Gasteiger charge is -1.93. The molecular weight excluding hydrogens is 244 g/mol. The molecule has 0 saturated carbocycles. The van der Waals surface area contributed by atoms with Gasteiger partial charge in [-0.3, -0.25) is 0 Å². The second kappa shape index (κ2) is 3.92. The molecule has 1 heterocycles. The van der Waals surface area contributed by atoms with Gasteiger partial charge in [0, 0.05) is 16.8 Å². The van der Waals surface area contributed by atoms with E-state index < -0.39 is 0 Å². The van der Waals surface area contributed by atoms with Crippen LogP contribution in [0, 0.1) is 0 Å². The Bertz CT molecular complexity index is 412. The van der Waals surface area contributed by atoms with Gasteiger partial charge in [-0.25, -0.2) is 0 Å². The zero-order valence-electron chi connectivity index (χ0n) is 7.48. The molecule has 1 aromatic carbocycles. The van der Waals surface area contributed by atoms with E-state index in [0.717, 1.165) is 10.0 Å². The first-order chi connectivity index (χ1) is 6.75. The number of hydrazone groups is 1. The van der Waals surface area contributed by atoms with E-state index in [0.29, 0.717) is 13.0 Å². The average molecular weight is 253 g/mol. The Balaban J connectivity index is 2.30. The van der Waals surface area contributed by atoms with Gasteiger partial charge in [-0.15, -0.1) is 0 Å². The van der Waals surface area contributed by atoms with Crippen molar-refractivity contribution in [2.45, 2.75) is 6.42 Å². The first kappa shape index (κ1) is 9.40. The van der Waals surface area contributed by atoms with Gasteiger partial charge in [-0.2, -0.15) is 0 Å². The molecule has 1 aliphatic heterocycles. The average Bonchev–Trinajstić information content (AvgIpc) is 2.56. The minimum atomic E-state index is -0.0479. The first-order valence-corrected chi connectivity index (χ1v) is 5.15. The van der Waals surface area contributed by atoms with Gasteiger partial charge in [-0.1, -0.05) is 16.8 Å². The molecule has 2 rings (SSSR count). The fraction of sp³-hybridized carbons (Fsp3) is 0.200. The maximum Gasteiger partial charge on any atom is 0.204 e. The zero-order chi connectivity index (χ0) is 9.97. The summed E-state index contributed by atoms with van der Waals surface area (Å²) in [4.78, 5) is 0. The van der Waals surface area contributed by atoms with Crippen LogP contribution in [0.2, 0.25) is 0 Å². The third-order valence-electron chi connectivity index (χ3n) is 1.99. The van der Waals surface area contributed by atoms with Crippen LogP contribution in [0.5, 0.6) is 0 Å². The Labute approximate surface area is 90.5 Å². The quantitative estimate of drug-likeness (QED) is 0.687. The van der Waals surface area contributed by atoms with Gasteiger partial charge in [-0.05, 0) is 33.2 Å². The molecule has 0 radical (unpaired) electrons. The topological polar surface area (TPSA) is 38.4 Å². The summed E-state index contributed by atoms with van der Waals surface area (Å²) in [5, 5.41) is 14.7.